The number of carbonyl (C=O) groups is 1. The molecule has 1 atom stereocenters. The topological polar surface area (TPSA) is 120 Å². The van der Waals surface area contributed by atoms with Gasteiger partial charge in [-0.2, -0.15) is 0 Å². The van der Waals surface area contributed by atoms with Gasteiger partial charge < -0.3 is 20.8 Å². The number of benzene rings is 1. The fourth-order valence-corrected chi connectivity index (χ4v) is 4.06. The number of pyridine rings is 1. The Hall–Kier alpha value is -3.57. The maximum atomic E-state index is 14.4. The average Bonchev–Trinajstić information content (AvgIpc) is 2.85. The first-order chi connectivity index (χ1) is 16.8. The molecule has 11 heteroatoms. The molecule has 2 aromatic heterocycles. The van der Waals surface area contributed by atoms with E-state index in [-0.39, 0.29) is 48.4 Å². The number of amides is 1. The molecule has 1 aliphatic carbocycles. The maximum absolute atomic E-state index is 14.4. The van der Waals surface area contributed by atoms with Crippen LogP contribution in [0.3, 0.4) is 0 Å². The number of aliphatic hydroxyl groups excluding tert-OH is 2. The fraction of sp³-hybridized carbons (Fsp3) is 0.333. The second kappa shape index (κ2) is 10.4. The molecule has 0 spiro atoms. The molecule has 35 heavy (non-hydrogen) atoms. The van der Waals surface area contributed by atoms with E-state index in [4.69, 9.17) is 5.11 Å². The minimum absolute atomic E-state index is 0.0469. The number of halogens is 3. The number of anilines is 1. The average molecular weight is 487 g/mol. The highest BCUT2D eigenvalue weighted by atomic mass is 19.1. The molecular formula is C24H24F3N5O3. The summed E-state index contributed by atoms with van der Waals surface area (Å²) < 4.78 is 42.5. The summed E-state index contributed by atoms with van der Waals surface area (Å²) >= 11 is 0. The summed E-state index contributed by atoms with van der Waals surface area (Å²) in [5.41, 5.74) is -0.236. The van der Waals surface area contributed by atoms with Crippen LogP contribution in [0.4, 0.5) is 19.0 Å². The van der Waals surface area contributed by atoms with Crippen molar-refractivity contribution in [2.24, 2.45) is 0 Å². The zero-order chi connectivity index (χ0) is 25.0. The normalized spacial score (nSPS) is 20.1. The Bertz CT molecular complexity index is 1190. The highest BCUT2D eigenvalue weighted by molar-refractivity contribution is 5.95. The van der Waals surface area contributed by atoms with E-state index >= 15 is 0 Å². The van der Waals surface area contributed by atoms with Crippen molar-refractivity contribution in [2.45, 2.75) is 30.5 Å². The van der Waals surface area contributed by atoms with Gasteiger partial charge in [-0.25, -0.2) is 13.2 Å². The summed E-state index contributed by atoms with van der Waals surface area (Å²) in [6.07, 6.45) is -0.401. The van der Waals surface area contributed by atoms with Gasteiger partial charge in [0.25, 0.3) is 5.91 Å². The van der Waals surface area contributed by atoms with Gasteiger partial charge in [0, 0.05) is 35.8 Å². The zero-order valence-corrected chi connectivity index (χ0v) is 18.6. The van der Waals surface area contributed by atoms with Gasteiger partial charge in [-0.3, -0.25) is 9.78 Å². The van der Waals surface area contributed by atoms with E-state index in [1.165, 1.54) is 36.5 Å². The third kappa shape index (κ3) is 5.41. The lowest BCUT2D eigenvalue weighted by Gasteiger charge is -2.44. The third-order valence-electron chi connectivity index (χ3n) is 5.97. The minimum atomic E-state index is -1.10. The standard InChI is InChI=1S/C24H24F3N5O3/c25-15-9-24(10-15,22-19(27)2-1-7-28-22)13-30-21-6-5-20(31-32-21)17-8-14(3-4-18(17)26)23(35)29-11-16(34)12-33/h1-8,15-16,33-34H,9-13H2,(H,29,35)(H,30,32)/t15-,16-,24-/m1/s1. The van der Waals surface area contributed by atoms with Crippen molar-refractivity contribution < 1.29 is 28.2 Å². The number of alkyl halides is 1. The SMILES string of the molecule is O=C(NC[C@@H](O)CO)c1ccc(F)c(-c2ccc(NC[C@]3(c4ncccc4F)C[C@H](F)C3)nn2)c1. The van der Waals surface area contributed by atoms with Crippen LogP contribution in [0.1, 0.15) is 28.9 Å². The van der Waals surface area contributed by atoms with Crippen LogP contribution in [0.5, 0.6) is 0 Å². The van der Waals surface area contributed by atoms with Crippen LogP contribution in [-0.4, -0.2) is 63.3 Å². The van der Waals surface area contributed by atoms with Crippen molar-refractivity contribution in [1.29, 1.82) is 0 Å². The molecule has 184 valence electrons. The quantitative estimate of drug-likeness (QED) is 0.366. The van der Waals surface area contributed by atoms with E-state index < -0.39 is 41.8 Å². The summed E-state index contributed by atoms with van der Waals surface area (Å²) in [7, 11) is 0. The Labute approximate surface area is 199 Å². The Morgan fingerprint density at radius 1 is 1.14 bits per heavy atom. The largest absolute Gasteiger partial charge is 0.394 e. The lowest BCUT2D eigenvalue weighted by Crippen LogP contribution is -2.49. The Morgan fingerprint density at radius 3 is 2.60 bits per heavy atom. The molecule has 4 N–H and O–H groups in total. The van der Waals surface area contributed by atoms with Crippen molar-refractivity contribution in [3.63, 3.8) is 0 Å². The fourth-order valence-electron chi connectivity index (χ4n) is 4.06. The van der Waals surface area contributed by atoms with Crippen LogP contribution < -0.4 is 10.6 Å². The first kappa shape index (κ1) is 24.6. The lowest BCUT2D eigenvalue weighted by atomic mass is 9.65. The van der Waals surface area contributed by atoms with Crippen molar-refractivity contribution in [2.75, 3.05) is 25.0 Å². The Kier molecular flexibility index (Phi) is 7.27. The summed E-state index contributed by atoms with van der Waals surface area (Å²) in [6.45, 7) is -0.467. The van der Waals surface area contributed by atoms with Gasteiger partial charge in [0.15, 0.2) is 0 Å². The highest BCUT2D eigenvalue weighted by Crippen LogP contribution is 2.45. The molecule has 8 nitrogen and oxygen atoms in total. The third-order valence-corrected chi connectivity index (χ3v) is 5.97. The van der Waals surface area contributed by atoms with Gasteiger partial charge in [0.2, 0.25) is 0 Å². The van der Waals surface area contributed by atoms with Crippen LogP contribution >= 0.6 is 0 Å². The molecule has 0 unspecified atom stereocenters. The maximum Gasteiger partial charge on any atom is 0.251 e. The summed E-state index contributed by atoms with van der Waals surface area (Å²) in [4.78, 5) is 16.4. The molecule has 3 aromatic rings. The predicted molar refractivity (Wildman–Crippen MR) is 121 cm³/mol. The van der Waals surface area contributed by atoms with E-state index in [0.29, 0.717) is 5.82 Å². The van der Waals surface area contributed by atoms with Gasteiger partial charge in [-0.15, -0.1) is 10.2 Å². The van der Waals surface area contributed by atoms with Crippen LogP contribution in [0, 0.1) is 11.6 Å². The van der Waals surface area contributed by atoms with Crippen molar-refractivity contribution in [3.8, 4) is 11.3 Å². The Balaban J connectivity index is 1.46. The van der Waals surface area contributed by atoms with Crippen molar-refractivity contribution >= 4 is 11.7 Å². The number of hydrogen-bond donors (Lipinski definition) is 4. The first-order valence-corrected chi connectivity index (χ1v) is 11.0. The van der Waals surface area contributed by atoms with Gasteiger partial charge in [0.05, 0.1) is 24.1 Å². The molecule has 1 aliphatic rings. The molecule has 0 bridgehead atoms. The molecular weight excluding hydrogens is 463 g/mol. The molecule has 0 saturated heterocycles. The van der Waals surface area contributed by atoms with Crippen molar-refractivity contribution in [3.05, 3.63) is 71.6 Å². The molecule has 4 rings (SSSR count). The second-order valence-electron chi connectivity index (χ2n) is 8.52. The van der Waals surface area contributed by atoms with Crippen LogP contribution in [0.15, 0.2) is 48.7 Å². The van der Waals surface area contributed by atoms with E-state index in [2.05, 4.69) is 25.8 Å². The Morgan fingerprint density at radius 2 is 1.94 bits per heavy atom. The molecule has 2 heterocycles. The van der Waals surface area contributed by atoms with E-state index in [1.807, 2.05) is 0 Å². The summed E-state index contributed by atoms with van der Waals surface area (Å²) in [6, 6.07) is 9.55. The number of aromatic nitrogens is 3. The monoisotopic (exact) mass is 487 g/mol. The first-order valence-electron chi connectivity index (χ1n) is 11.0. The number of carbonyl (C=O) groups excluding carboxylic acids is 1. The molecule has 1 fully saturated rings. The minimum Gasteiger partial charge on any atom is -0.394 e. The summed E-state index contributed by atoms with van der Waals surface area (Å²) in [5, 5.41) is 31.8. The van der Waals surface area contributed by atoms with E-state index in [0.717, 1.165) is 6.07 Å². The van der Waals surface area contributed by atoms with Gasteiger partial charge >= 0.3 is 0 Å². The number of nitrogens with one attached hydrogen (secondary N) is 2. The van der Waals surface area contributed by atoms with E-state index in [1.54, 1.807) is 6.07 Å². The number of hydrogen-bond acceptors (Lipinski definition) is 7. The number of rotatable bonds is 9. The highest BCUT2D eigenvalue weighted by Gasteiger charge is 2.48. The molecule has 0 radical (unpaired) electrons. The van der Waals surface area contributed by atoms with Gasteiger partial charge in [0.1, 0.15) is 23.6 Å². The predicted octanol–water partition coefficient (Wildman–Crippen LogP) is 2.38. The molecule has 0 aliphatic heterocycles. The summed E-state index contributed by atoms with van der Waals surface area (Å²) in [5.74, 6) is -1.32. The lowest BCUT2D eigenvalue weighted by molar-refractivity contribution is 0.0802. The van der Waals surface area contributed by atoms with Gasteiger partial charge in [-0.05, 0) is 55.3 Å². The van der Waals surface area contributed by atoms with Gasteiger partial charge in [-0.1, -0.05) is 0 Å². The van der Waals surface area contributed by atoms with E-state index in [9.17, 15) is 23.1 Å². The second-order valence-corrected chi connectivity index (χ2v) is 8.52. The zero-order valence-electron chi connectivity index (χ0n) is 18.6. The van der Waals surface area contributed by atoms with Crippen LogP contribution in [0.2, 0.25) is 0 Å². The number of nitrogens with zero attached hydrogens (tertiary/aromatic N) is 3. The van der Waals surface area contributed by atoms with Crippen molar-refractivity contribution in [1.82, 2.24) is 20.5 Å². The molecule has 1 saturated carbocycles. The molecule has 1 amide bonds. The number of aliphatic hydroxyl groups is 2. The smallest absolute Gasteiger partial charge is 0.251 e. The van der Waals surface area contributed by atoms with Crippen LogP contribution in [-0.2, 0) is 5.41 Å². The van der Waals surface area contributed by atoms with Crippen LogP contribution in [0.25, 0.3) is 11.3 Å². The molecule has 1 aromatic carbocycles.